The van der Waals surface area contributed by atoms with Crippen molar-refractivity contribution in [2.45, 2.75) is 19.4 Å². The van der Waals surface area contributed by atoms with Gasteiger partial charge in [0, 0.05) is 11.4 Å². The summed E-state index contributed by atoms with van der Waals surface area (Å²) in [6.45, 7) is 0.397. The molecule has 1 aromatic carbocycles. The highest BCUT2D eigenvalue weighted by molar-refractivity contribution is 6.30. The van der Waals surface area contributed by atoms with E-state index >= 15 is 0 Å². The fraction of sp³-hybridized carbons (Fsp3) is 0.364. The molecule has 0 unspecified atom stereocenters. The van der Waals surface area contributed by atoms with Gasteiger partial charge in [0.05, 0.1) is 13.2 Å². The Morgan fingerprint density at radius 3 is 2.94 bits per heavy atom. The van der Waals surface area contributed by atoms with E-state index in [1.807, 2.05) is 24.3 Å². The van der Waals surface area contributed by atoms with Gasteiger partial charge < -0.3 is 5.11 Å². The van der Waals surface area contributed by atoms with Gasteiger partial charge >= 0.3 is 0 Å². The van der Waals surface area contributed by atoms with Crippen molar-refractivity contribution in [1.29, 1.82) is 0 Å². The van der Waals surface area contributed by atoms with Crippen molar-refractivity contribution in [3.05, 3.63) is 40.7 Å². The fourth-order valence-electron chi connectivity index (χ4n) is 1.51. The van der Waals surface area contributed by atoms with Gasteiger partial charge in [-0.1, -0.05) is 23.7 Å². The molecule has 0 radical (unpaired) electrons. The molecule has 0 saturated heterocycles. The van der Waals surface area contributed by atoms with Gasteiger partial charge in [0.2, 0.25) is 0 Å². The van der Waals surface area contributed by atoms with E-state index in [1.165, 1.54) is 4.80 Å². The van der Waals surface area contributed by atoms with Crippen LogP contribution in [-0.2, 0) is 19.4 Å². The van der Waals surface area contributed by atoms with Gasteiger partial charge in [-0.15, -0.1) is 10.2 Å². The van der Waals surface area contributed by atoms with Crippen LogP contribution in [0.5, 0.6) is 0 Å². The van der Waals surface area contributed by atoms with Gasteiger partial charge in [0.1, 0.15) is 0 Å². The Kier molecular flexibility index (Phi) is 4.06. The van der Waals surface area contributed by atoms with E-state index in [9.17, 15) is 0 Å². The number of tetrazole rings is 1. The third-order valence-corrected chi connectivity index (χ3v) is 2.56. The van der Waals surface area contributed by atoms with Crippen LogP contribution in [0, 0.1) is 0 Å². The van der Waals surface area contributed by atoms with Crippen LogP contribution in [0.25, 0.3) is 0 Å². The Balaban J connectivity index is 1.93. The largest absolute Gasteiger partial charge is 0.394 e. The predicted octanol–water partition coefficient (Wildman–Crippen LogP) is 1.10. The van der Waals surface area contributed by atoms with E-state index < -0.39 is 0 Å². The first-order chi connectivity index (χ1) is 8.28. The lowest BCUT2D eigenvalue weighted by atomic mass is 10.1. The van der Waals surface area contributed by atoms with E-state index in [0.717, 1.165) is 17.0 Å². The molecule has 0 atom stereocenters. The second kappa shape index (κ2) is 5.75. The molecule has 90 valence electrons. The average molecular weight is 253 g/mol. The first kappa shape index (κ1) is 12.0. The van der Waals surface area contributed by atoms with Crippen LogP contribution in [0.4, 0.5) is 0 Å². The molecule has 2 aromatic rings. The van der Waals surface area contributed by atoms with E-state index in [-0.39, 0.29) is 6.61 Å². The van der Waals surface area contributed by atoms with Crippen molar-refractivity contribution in [2.24, 2.45) is 0 Å². The molecular weight excluding hydrogens is 240 g/mol. The highest BCUT2D eigenvalue weighted by Crippen LogP contribution is 2.12. The van der Waals surface area contributed by atoms with Crippen molar-refractivity contribution < 1.29 is 5.11 Å². The molecule has 1 aromatic heterocycles. The van der Waals surface area contributed by atoms with Gasteiger partial charge in [-0.3, -0.25) is 0 Å². The van der Waals surface area contributed by atoms with Crippen LogP contribution in [0.2, 0.25) is 5.02 Å². The molecule has 0 spiro atoms. The normalized spacial score (nSPS) is 10.7. The molecule has 0 fully saturated rings. The number of aliphatic hydroxyl groups excluding tert-OH is 1. The van der Waals surface area contributed by atoms with Gasteiger partial charge in [-0.05, 0) is 29.3 Å². The summed E-state index contributed by atoms with van der Waals surface area (Å²) in [6, 6.07) is 7.72. The minimum absolute atomic E-state index is 0.0179. The summed E-state index contributed by atoms with van der Waals surface area (Å²) >= 11 is 5.90. The number of aliphatic hydroxyl groups is 1. The topological polar surface area (TPSA) is 63.8 Å². The summed E-state index contributed by atoms with van der Waals surface area (Å²) < 4.78 is 0. The molecule has 6 heteroatoms. The minimum atomic E-state index is 0.0179. The van der Waals surface area contributed by atoms with Crippen LogP contribution < -0.4 is 0 Å². The van der Waals surface area contributed by atoms with Crippen LogP contribution in [0.15, 0.2) is 24.3 Å². The van der Waals surface area contributed by atoms with Gasteiger partial charge in [0.15, 0.2) is 5.82 Å². The highest BCUT2D eigenvalue weighted by Gasteiger charge is 2.03. The van der Waals surface area contributed by atoms with Crippen molar-refractivity contribution >= 4 is 11.6 Å². The van der Waals surface area contributed by atoms with Crippen molar-refractivity contribution in [3.8, 4) is 0 Å². The maximum Gasteiger partial charge on any atom is 0.175 e. The number of aryl methyl sites for hydroxylation is 2. The zero-order valence-electron chi connectivity index (χ0n) is 9.25. The third-order valence-electron chi connectivity index (χ3n) is 2.32. The van der Waals surface area contributed by atoms with Crippen molar-refractivity contribution in [1.82, 2.24) is 20.2 Å². The Labute approximate surface area is 104 Å². The van der Waals surface area contributed by atoms with E-state index in [0.29, 0.717) is 18.8 Å². The lowest BCUT2D eigenvalue weighted by molar-refractivity contribution is 0.259. The summed E-state index contributed by atoms with van der Waals surface area (Å²) in [5.74, 6) is 0.679. The van der Waals surface area contributed by atoms with E-state index in [4.69, 9.17) is 16.7 Å². The highest BCUT2D eigenvalue weighted by atomic mass is 35.5. The first-order valence-electron chi connectivity index (χ1n) is 5.40. The number of rotatable bonds is 5. The average Bonchev–Trinajstić information content (AvgIpc) is 2.75. The van der Waals surface area contributed by atoms with Crippen LogP contribution in [-0.4, -0.2) is 31.9 Å². The number of halogens is 1. The number of hydrogen-bond acceptors (Lipinski definition) is 4. The molecule has 0 saturated carbocycles. The van der Waals surface area contributed by atoms with E-state index in [2.05, 4.69) is 15.4 Å². The van der Waals surface area contributed by atoms with Gasteiger partial charge in [-0.25, -0.2) is 0 Å². The monoisotopic (exact) mass is 252 g/mol. The number of benzene rings is 1. The summed E-state index contributed by atoms with van der Waals surface area (Å²) in [4.78, 5) is 1.40. The molecule has 1 N–H and O–H groups in total. The third kappa shape index (κ3) is 3.51. The summed E-state index contributed by atoms with van der Waals surface area (Å²) in [6.07, 6.45) is 1.54. The molecule has 0 aliphatic carbocycles. The van der Waals surface area contributed by atoms with Crippen molar-refractivity contribution in [2.75, 3.05) is 6.61 Å². The van der Waals surface area contributed by atoms with Gasteiger partial charge in [0.25, 0.3) is 0 Å². The maximum atomic E-state index is 8.72. The van der Waals surface area contributed by atoms with E-state index in [1.54, 1.807) is 0 Å². The second-order valence-corrected chi connectivity index (χ2v) is 4.09. The molecule has 0 amide bonds. The Hall–Kier alpha value is -1.46. The maximum absolute atomic E-state index is 8.72. The summed E-state index contributed by atoms with van der Waals surface area (Å²) in [7, 11) is 0. The number of hydrogen-bond donors (Lipinski definition) is 1. The second-order valence-electron chi connectivity index (χ2n) is 3.66. The molecule has 17 heavy (non-hydrogen) atoms. The van der Waals surface area contributed by atoms with Crippen LogP contribution in [0.1, 0.15) is 11.4 Å². The van der Waals surface area contributed by atoms with Crippen LogP contribution in [0.3, 0.4) is 0 Å². The molecular formula is C11H13ClN4O. The Bertz CT molecular complexity index is 486. The zero-order chi connectivity index (χ0) is 12.1. The smallest absolute Gasteiger partial charge is 0.175 e. The first-order valence-corrected chi connectivity index (χ1v) is 5.78. The summed E-state index contributed by atoms with van der Waals surface area (Å²) in [5, 5.41) is 21.3. The molecule has 0 aliphatic heterocycles. The molecule has 1 heterocycles. The molecule has 5 nitrogen and oxygen atoms in total. The lowest BCUT2D eigenvalue weighted by Crippen LogP contribution is -2.06. The minimum Gasteiger partial charge on any atom is -0.394 e. The molecule has 0 aliphatic rings. The number of nitrogens with zero attached hydrogens (tertiary/aromatic N) is 4. The number of aromatic nitrogens is 4. The zero-order valence-corrected chi connectivity index (χ0v) is 10.0. The predicted molar refractivity (Wildman–Crippen MR) is 63.8 cm³/mol. The Morgan fingerprint density at radius 2 is 2.18 bits per heavy atom. The lowest BCUT2D eigenvalue weighted by Gasteiger charge is -1.98. The molecule has 2 rings (SSSR count). The van der Waals surface area contributed by atoms with Crippen molar-refractivity contribution in [3.63, 3.8) is 0 Å². The standard InChI is InChI=1S/C11H13ClN4O/c12-10-3-1-2-9(8-10)4-5-11-13-15-16(14-11)6-7-17/h1-3,8,17H,4-7H2. The van der Waals surface area contributed by atoms with Crippen LogP contribution >= 0.6 is 11.6 Å². The SMILES string of the molecule is OCCn1nnc(CCc2cccc(Cl)c2)n1. The fourth-order valence-corrected chi connectivity index (χ4v) is 1.72. The van der Waals surface area contributed by atoms with Gasteiger partial charge in [-0.2, -0.15) is 4.80 Å². The molecule has 0 bridgehead atoms. The quantitative estimate of drug-likeness (QED) is 0.866. The Morgan fingerprint density at radius 1 is 1.29 bits per heavy atom. The summed E-state index contributed by atoms with van der Waals surface area (Å²) in [5.41, 5.74) is 1.15.